The maximum Gasteiger partial charge on any atom is 0.274 e. The van der Waals surface area contributed by atoms with Crippen molar-refractivity contribution in [1.82, 2.24) is 0 Å². The number of thioether (sulfide) groups is 1. The van der Waals surface area contributed by atoms with Gasteiger partial charge in [0.15, 0.2) is 0 Å². The lowest BCUT2D eigenvalue weighted by molar-refractivity contribution is -0.385. The fourth-order valence-electron chi connectivity index (χ4n) is 2.45. The van der Waals surface area contributed by atoms with Crippen LogP contribution >= 0.6 is 11.8 Å². The molecule has 2 unspecified atom stereocenters. The molecule has 2 atom stereocenters. The first-order chi connectivity index (χ1) is 9.11. The molecule has 19 heavy (non-hydrogen) atoms. The molecule has 0 aliphatic carbocycles. The molecule has 1 aromatic rings. The highest BCUT2D eigenvalue weighted by Crippen LogP contribution is 2.29. The van der Waals surface area contributed by atoms with Crippen molar-refractivity contribution >= 4 is 23.1 Å². The number of anilines is 1. The van der Waals surface area contributed by atoms with Crippen molar-refractivity contribution in [2.45, 2.75) is 44.4 Å². The molecule has 4 nitrogen and oxygen atoms in total. The summed E-state index contributed by atoms with van der Waals surface area (Å²) in [6.07, 6.45) is 3.03. The number of hydrogen-bond donors (Lipinski definition) is 1. The van der Waals surface area contributed by atoms with Crippen LogP contribution in [0.15, 0.2) is 18.2 Å². The molecule has 1 aliphatic heterocycles. The SMILES string of the molecule is CCc1ccc(NC2CCCSC2C)cc1[N+](=O)[O-]. The Hall–Kier alpha value is -1.23. The van der Waals surface area contributed by atoms with Gasteiger partial charge < -0.3 is 5.32 Å². The molecule has 1 saturated heterocycles. The maximum atomic E-state index is 11.1. The second-order valence-electron chi connectivity index (χ2n) is 4.92. The number of benzene rings is 1. The summed E-state index contributed by atoms with van der Waals surface area (Å²) in [5.74, 6) is 1.22. The summed E-state index contributed by atoms with van der Waals surface area (Å²) in [5.41, 5.74) is 1.88. The molecule has 0 bridgehead atoms. The van der Waals surface area contributed by atoms with Gasteiger partial charge in [0, 0.05) is 28.6 Å². The molecule has 2 rings (SSSR count). The van der Waals surface area contributed by atoms with E-state index in [4.69, 9.17) is 0 Å². The minimum absolute atomic E-state index is 0.226. The molecule has 1 aliphatic rings. The average Bonchev–Trinajstić information content (AvgIpc) is 2.41. The van der Waals surface area contributed by atoms with Gasteiger partial charge in [-0.05, 0) is 31.1 Å². The van der Waals surface area contributed by atoms with E-state index >= 15 is 0 Å². The van der Waals surface area contributed by atoms with Gasteiger partial charge in [-0.25, -0.2) is 0 Å². The van der Waals surface area contributed by atoms with Gasteiger partial charge in [0.25, 0.3) is 5.69 Å². The fourth-order valence-corrected chi connectivity index (χ4v) is 3.59. The van der Waals surface area contributed by atoms with Crippen molar-refractivity contribution in [3.8, 4) is 0 Å². The first-order valence-corrected chi connectivity index (χ1v) is 7.82. The van der Waals surface area contributed by atoms with Crippen LogP contribution in [0.25, 0.3) is 0 Å². The third kappa shape index (κ3) is 3.41. The Morgan fingerprint density at radius 1 is 1.53 bits per heavy atom. The maximum absolute atomic E-state index is 11.1. The van der Waals surface area contributed by atoms with Crippen LogP contribution in [0.5, 0.6) is 0 Å². The highest BCUT2D eigenvalue weighted by Gasteiger charge is 2.22. The van der Waals surface area contributed by atoms with Crippen LogP contribution in [0.4, 0.5) is 11.4 Å². The van der Waals surface area contributed by atoms with E-state index in [9.17, 15) is 10.1 Å². The zero-order chi connectivity index (χ0) is 13.8. The van der Waals surface area contributed by atoms with Crippen molar-refractivity contribution < 1.29 is 4.92 Å². The lowest BCUT2D eigenvalue weighted by atomic mass is 10.1. The second kappa shape index (κ2) is 6.28. The summed E-state index contributed by atoms with van der Waals surface area (Å²) in [5, 5.41) is 15.1. The quantitative estimate of drug-likeness (QED) is 0.672. The van der Waals surface area contributed by atoms with E-state index in [0.29, 0.717) is 17.7 Å². The molecule has 0 saturated carbocycles. The minimum atomic E-state index is -0.289. The number of nitrogens with zero attached hydrogens (tertiary/aromatic N) is 1. The van der Waals surface area contributed by atoms with Gasteiger partial charge >= 0.3 is 0 Å². The van der Waals surface area contributed by atoms with Gasteiger partial charge in [0.05, 0.1) is 4.92 Å². The van der Waals surface area contributed by atoms with Crippen molar-refractivity contribution in [3.05, 3.63) is 33.9 Å². The largest absolute Gasteiger partial charge is 0.381 e. The number of rotatable bonds is 4. The van der Waals surface area contributed by atoms with Gasteiger partial charge in [-0.15, -0.1) is 0 Å². The van der Waals surface area contributed by atoms with Crippen LogP contribution in [0.2, 0.25) is 0 Å². The Morgan fingerprint density at radius 2 is 2.32 bits per heavy atom. The summed E-state index contributed by atoms with van der Waals surface area (Å²) in [6.45, 7) is 4.16. The van der Waals surface area contributed by atoms with Gasteiger partial charge in [0.2, 0.25) is 0 Å². The first kappa shape index (κ1) is 14.2. The van der Waals surface area contributed by atoms with Crippen LogP contribution < -0.4 is 5.32 Å². The predicted molar refractivity (Wildman–Crippen MR) is 81.0 cm³/mol. The Morgan fingerprint density at radius 3 is 2.95 bits per heavy atom. The van der Waals surface area contributed by atoms with E-state index in [2.05, 4.69) is 12.2 Å². The third-order valence-corrected chi connectivity index (χ3v) is 5.00. The molecule has 5 heteroatoms. The van der Waals surface area contributed by atoms with Crippen LogP contribution in [0.3, 0.4) is 0 Å². The molecular weight excluding hydrogens is 260 g/mol. The fraction of sp³-hybridized carbons (Fsp3) is 0.571. The summed E-state index contributed by atoms with van der Waals surface area (Å²) < 4.78 is 0. The Kier molecular flexibility index (Phi) is 4.69. The van der Waals surface area contributed by atoms with E-state index in [1.807, 2.05) is 30.8 Å². The normalized spacial score (nSPS) is 23.1. The Balaban J connectivity index is 2.16. The molecule has 1 N–H and O–H groups in total. The number of nitro benzene ring substituents is 1. The number of hydrogen-bond acceptors (Lipinski definition) is 4. The van der Waals surface area contributed by atoms with Crippen molar-refractivity contribution in [3.63, 3.8) is 0 Å². The van der Waals surface area contributed by atoms with Crippen molar-refractivity contribution in [2.75, 3.05) is 11.1 Å². The highest BCUT2D eigenvalue weighted by molar-refractivity contribution is 8.00. The average molecular weight is 280 g/mol. The molecule has 0 amide bonds. The minimum Gasteiger partial charge on any atom is -0.381 e. The number of nitrogens with one attached hydrogen (secondary N) is 1. The Bertz CT molecular complexity index is 465. The van der Waals surface area contributed by atoms with E-state index in [0.717, 1.165) is 17.7 Å². The summed E-state index contributed by atoms with van der Waals surface area (Å²) in [6, 6.07) is 5.90. The third-order valence-electron chi connectivity index (χ3n) is 3.62. The molecule has 0 spiro atoms. The van der Waals surface area contributed by atoms with E-state index in [1.165, 1.54) is 12.2 Å². The standard InChI is InChI=1S/C14H20N2O2S/c1-3-11-6-7-12(9-14(11)16(17)18)15-13-5-4-8-19-10(13)2/h6-7,9-10,13,15H,3-5,8H2,1-2H3. The smallest absolute Gasteiger partial charge is 0.274 e. The Labute approximate surface area is 118 Å². The van der Waals surface area contributed by atoms with Gasteiger partial charge in [-0.2, -0.15) is 11.8 Å². The predicted octanol–water partition coefficient (Wildman–Crippen LogP) is 3.85. The molecule has 0 aromatic heterocycles. The molecule has 1 fully saturated rings. The van der Waals surface area contributed by atoms with Gasteiger partial charge in [0.1, 0.15) is 0 Å². The van der Waals surface area contributed by atoms with Crippen LogP contribution in [-0.2, 0) is 6.42 Å². The van der Waals surface area contributed by atoms with E-state index < -0.39 is 0 Å². The second-order valence-corrected chi connectivity index (χ2v) is 6.41. The van der Waals surface area contributed by atoms with Crippen molar-refractivity contribution in [2.24, 2.45) is 0 Å². The number of aryl methyl sites for hydroxylation is 1. The summed E-state index contributed by atoms with van der Waals surface area (Å²) >= 11 is 1.97. The summed E-state index contributed by atoms with van der Waals surface area (Å²) in [4.78, 5) is 10.8. The van der Waals surface area contributed by atoms with Crippen LogP contribution in [0, 0.1) is 10.1 Å². The highest BCUT2D eigenvalue weighted by atomic mass is 32.2. The van der Waals surface area contributed by atoms with Crippen molar-refractivity contribution in [1.29, 1.82) is 0 Å². The first-order valence-electron chi connectivity index (χ1n) is 6.77. The zero-order valence-electron chi connectivity index (χ0n) is 11.4. The topological polar surface area (TPSA) is 55.2 Å². The monoisotopic (exact) mass is 280 g/mol. The molecule has 0 radical (unpaired) electrons. The van der Waals surface area contributed by atoms with Gasteiger partial charge in [-0.1, -0.05) is 19.9 Å². The lowest BCUT2D eigenvalue weighted by Crippen LogP contribution is -2.32. The van der Waals surface area contributed by atoms with Crippen LogP contribution in [0.1, 0.15) is 32.3 Å². The van der Waals surface area contributed by atoms with Gasteiger partial charge in [-0.3, -0.25) is 10.1 Å². The lowest BCUT2D eigenvalue weighted by Gasteiger charge is -2.29. The van der Waals surface area contributed by atoms with E-state index in [-0.39, 0.29) is 10.6 Å². The number of nitro groups is 1. The zero-order valence-corrected chi connectivity index (χ0v) is 12.2. The molecule has 104 valence electrons. The van der Waals surface area contributed by atoms with Crippen LogP contribution in [-0.4, -0.2) is 22.0 Å². The summed E-state index contributed by atoms with van der Waals surface area (Å²) in [7, 11) is 0. The molecular formula is C14H20N2O2S. The van der Waals surface area contributed by atoms with E-state index in [1.54, 1.807) is 6.07 Å². The molecule has 1 aromatic carbocycles. The molecule has 1 heterocycles.